The number of anilines is 2. The highest BCUT2D eigenvalue weighted by Crippen LogP contribution is 2.32. The molecule has 4 aromatic carbocycles. The second-order valence-electron chi connectivity index (χ2n) is 10.5. The lowest BCUT2D eigenvalue weighted by Gasteiger charge is -2.26. The molecule has 0 aliphatic heterocycles. The molecule has 188 valence electrons. The van der Waals surface area contributed by atoms with Crippen LogP contribution in [-0.2, 0) is 5.41 Å². The summed E-state index contributed by atoms with van der Waals surface area (Å²) in [4.78, 5) is 4.23. The largest absolute Gasteiger partial charge is 0.378 e. The van der Waals surface area contributed by atoms with Crippen LogP contribution in [0.2, 0.25) is 0 Å². The number of nitrogens with zero attached hydrogens (tertiary/aromatic N) is 2. The van der Waals surface area contributed by atoms with Gasteiger partial charge >= 0.3 is 0 Å². The summed E-state index contributed by atoms with van der Waals surface area (Å²) in [6.45, 7) is 4.59. The molecule has 37 heavy (non-hydrogen) atoms. The highest BCUT2D eigenvalue weighted by molar-refractivity contribution is 5.72. The summed E-state index contributed by atoms with van der Waals surface area (Å²) in [5, 5.41) is 0. The van der Waals surface area contributed by atoms with E-state index in [1.165, 1.54) is 44.8 Å². The topological polar surface area (TPSA) is 6.48 Å². The SMILES string of the molecule is CN(C)c1ccc(C=Cc2ccc(C(C)(C)c3ccc(C=Cc4ccc(N(C)C)cc4)cc3)cc2)cc1. The lowest BCUT2D eigenvalue weighted by Crippen LogP contribution is -2.18. The molecule has 0 bridgehead atoms. The zero-order chi connectivity index (χ0) is 26.4. The van der Waals surface area contributed by atoms with Gasteiger partial charge in [-0.1, -0.05) is 111 Å². The van der Waals surface area contributed by atoms with Crippen molar-refractivity contribution in [2.75, 3.05) is 38.0 Å². The number of rotatable bonds is 8. The Balaban J connectivity index is 1.42. The van der Waals surface area contributed by atoms with Crippen molar-refractivity contribution >= 4 is 35.7 Å². The maximum atomic E-state index is 2.29. The molecule has 0 fully saturated rings. The summed E-state index contributed by atoms with van der Waals surface area (Å²) in [7, 11) is 8.25. The third-order valence-electron chi connectivity index (χ3n) is 7.02. The van der Waals surface area contributed by atoms with Gasteiger partial charge in [-0.2, -0.15) is 0 Å². The Morgan fingerprint density at radius 2 is 0.649 bits per heavy atom. The molecular formula is C35H38N2. The van der Waals surface area contributed by atoms with Crippen LogP contribution in [0.5, 0.6) is 0 Å². The van der Waals surface area contributed by atoms with E-state index in [-0.39, 0.29) is 5.41 Å². The second-order valence-corrected chi connectivity index (χ2v) is 10.5. The van der Waals surface area contributed by atoms with E-state index in [0.29, 0.717) is 0 Å². The Morgan fingerprint density at radius 3 is 0.892 bits per heavy atom. The van der Waals surface area contributed by atoms with Crippen molar-refractivity contribution in [1.82, 2.24) is 0 Å². The van der Waals surface area contributed by atoms with Crippen LogP contribution in [0, 0.1) is 0 Å². The maximum absolute atomic E-state index is 2.29. The molecule has 0 heterocycles. The van der Waals surface area contributed by atoms with Crippen molar-refractivity contribution in [3.63, 3.8) is 0 Å². The average Bonchev–Trinajstić information content (AvgIpc) is 2.91. The van der Waals surface area contributed by atoms with Crippen LogP contribution in [0.25, 0.3) is 24.3 Å². The average molecular weight is 487 g/mol. The Labute approximate surface area is 223 Å². The monoisotopic (exact) mass is 486 g/mol. The zero-order valence-corrected chi connectivity index (χ0v) is 22.9. The lowest BCUT2D eigenvalue weighted by atomic mass is 9.78. The van der Waals surface area contributed by atoms with E-state index >= 15 is 0 Å². The summed E-state index contributed by atoms with van der Waals surface area (Å²) in [5.41, 5.74) is 9.78. The molecule has 2 heteroatoms. The normalized spacial score (nSPS) is 11.8. The summed E-state index contributed by atoms with van der Waals surface area (Å²) in [6, 6.07) is 35.0. The van der Waals surface area contributed by atoms with Crippen LogP contribution < -0.4 is 9.80 Å². The summed E-state index contributed by atoms with van der Waals surface area (Å²) >= 11 is 0. The zero-order valence-electron chi connectivity index (χ0n) is 22.9. The van der Waals surface area contributed by atoms with E-state index < -0.39 is 0 Å². The highest BCUT2D eigenvalue weighted by atomic mass is 15.1. The highest BCUT2D eigenvalue weighted by Gasteiger charge is 2.22. The van der Waals surface area contributed by atoms with Gasteiger partial charge in [0.05, 0.1) is 0 Å². The molecule has 0 aliphatic rings. The van der Waals surface area contributed by atoms with Gasteiger partial charge in [0.25, 0.3) is 0 Å². The molecule has 4 rings (SSSR count). The Bertz CT molecular complexity index is 1230. The summed E-state index contributed by atoms with van der Waals surface area (Å²) < 4.78 is 0. The van der Waals surface area contributed by atoms with Gasteiger partial charge in [-0.3, -0.25) is 0 Å². The molecular weight excluding hydrogens is 448 g/mol. The van der Waals surface area contributed by atoms with E-state index in [1.807, 2.05) is 0 Å². The molecule has 0 saturated heterocycles. The number of hydrogen-bond donors (Lipinski definition) is 0. The minimum atomic E-state index is -0.0749. The number of benzene rings is 4. The van der Waals surface area contributed by atoms with Crippen molar-refractivity contribution < 1.29 is 0 Å². The first-order valence-electron chi connectivity index (χ1n) is 12.8. The summed E-state index contributed by atoms with van der Waals surface area (Å²) in [6.07, 6.45) is 8.69. The molecule has 0 spiro atoms. The van der Waals surface area contributed by atoms with Crippen molar-refractivity contribution in [2.24, 2.45) is 0 Å². The van der Waals surface area contributed by atoms with Crippen molar-refractivity contribution in [3.05, 3.63) is 130 Å². The lowest BCUT2D eigenvalue weighted by molar-refractivity contribution is 0.641. The molecule has 0 unspecified atom stereocenters. The fourth-order valence-electron chi connectivity index (χ4n) is 4.34. The number of hydrogen-bond acceptors (Lipinski definition) is 2. The smallest absolute Gasteiger partial charge is 0.0361 e. The van der Waals surface area contributed by atoms with Crippen molar-refractivity contribution in [2.45, 2.75) is 19.3 Å². The van der Waals surface area contributed by atoms with Gasteiger partial charge in [-0.25, -0.2) is 0 Å². The Hall–Kier alpha value is -4.04. The first-order valence-corrected chi connectivity index (χ1v) is 12.8. The predicted octanol–water partition coefficient (Wildman–Crippen LogP) is 8.49. The molecule has 0 N–H and O–H groups in total. The van der Waals surface area contributed by atoms with E-state index in [0.717, 1.165) is 0 Å². The molecule has 0 amide bonds. The third-order valence-corrected chi connectivity index (χ3v) is 7.02. The molecule has 0 saturated carbocycles. The fraction of sp³-hybridized carbons (Fsp3) is 0.200. The molecule has 2 nitrogen and oxygen atoms in total. The standard InChI is InChI=1S/C35H38N2/c1-35(2,31-19-11-27(12-20-31)7-9-29-15-23-33(24-16-29)36(3)4)32-21-13-28(14-22-32)8-10-30-17-25-34(26-18-30)37(5)6/h7-26H,1-6H3. The molecule has 0 radical (unpaired) electrons. The fourth-order valence-corrected chi connectivity index (χ4v) is 4.34. The van der Waals surface area contributed by atoms with Gasteiger partial charge in [0.15, 0.2) is 0 Å². The first-order chi connectivity index (χ1) is 17.7. The van der Waals surface area contributed by atoms with Crippen LogP contribution in [0.3, 0.4) is 0 Å². The third kappa shape index (κ3) is 6.59. The maximum Gasteiger partial charge on any atom is 0.0361 e. The van der Waals surface area contributed by atoms with Crippen LogP contribution in [-0.4, -0.2) is 28.2 Å². The van der Waals surface area contributed by atoms with Gasteiger partial charge in [-0.05, 0) is 57.6 Å². The van der Waals surface area contributed by atoms with Crippen LogP contribution in [0.15, 0.2) is 97.1 Å². The minimum absolute atomic E-state index is 0.0749. The predicted molar refractivity (Wildman–Crippen MR) is 164 cm³/mol. The van der Waals surface area contributed by atoms with Crippen LogP contribution >= 0.6 is 0 Å². The molecule has 0 aliphatic carbocycles. The van der Waals surface area contributed by atoms with E-state index in [1.54, 1.807) is 0 Å². The Kier molecular flexibility index (Phi) is 7.98. The molecule has 0 atom stereocenters. The van der Waals surface area contributed by atoms with Crippen LogP contribution in [0.4, 0.5) is 11.4 Å². The summed E-state index contributed by atoms with van der Waals surface area (Å²) in [5.74, 6) is 0. The van der Waals surface area contributed by atoms with Gasteiger partial charge < -0.3 is 9.80 Å². The van der Waals surface area contributed by atoms with Gasteiger partial charge in [-0.15, -0.1) is 0 Å². The van der Waals surface area contributed by atoms with E-state index in [9.17, 15) is 0 Å². The first kappa shape index (κ1) is 26.0. The quantitative estimate of drug-likeness (QED) is 0.230. The van der Waals surface area contributed by atoms with E-state index in [4.69, 9.17) is 0 Å². The molecule has 4 aromatic rings. The van der Waals surface area contributed by atoms with E-state index in [2.05, 4.69) is 173 Å². The van der Waals surface area contributed by atoms with Crippen LogP contribution in [0.1, 0.15) is 47.2 Å². The van der Waals surface area contributed by atoms with Gasteiger partial charge in [0.1, 0.15) is 0 Å². The molecule has 0 aromatic heterocycles. The second kappa shape index (κ2) is 11.3. The van der Waals surface area contributed by atoms with Crippen molar-refractivity contribution in [3.8, 4) is 0 Å². The van der Waals surface area contributed by atoms with Gasteiger partial charge in [0.2, 0.25) is 0 Å². The van der Waals surface area contributed by atoms with Crippen molar-refractivity contribution in [1.29, 1.82) is 0 Å². The van der Waals surface area contributed by atoms with Gasteiger partial charge in [0, 0.05) is 45.0 Å². The minimum Gasteiger partial charge on any atom is -0.378 e. The Morgan fingerprint density at radius 1 is 0.405 bits per heavy atom.